The molecule has 0 bridgehead atoms. The summed E-state index contributed by atoms with van der Waals surface area (Å²) in [5.74, 6) is 0.0478. The molecule has 208 valence electrons. The van der Waals surface area contributed by atoms with Gasteiger partial charge in [-0.25, -0.2) is 23.3 Å². The fourth-order valence-corrected chi connectivity index (χ4v) is 4.76. The summed E-state index contributed by atoms with van der Waals surface area (Å²) < 4.78 is 46.5. The number of hydrogen-bond donors (Lipinski definition) is 2. The molecule has 39 heavy (non-hydrogen) atoms. The number of nitrogens with one attached hydrogen (secondary N) is 2. The number of alkyl halides is 1. The smallest absolute Gasteiger partial charge is 0.160 e. The van der Waals surface area contributed by atoms with Crippen LogP contribution in [0.1, 0.15) is 30.8 Å². The molecule has 2 N–H and O–H groups in total. The quantitative estimate of drug-likeness (QED) is 0.286. The summed E-state index contributed by atoms with van der Waals surface area (Å²) in [6, 6.07) is 1.49. The first kappa shape index (κ1) is 27.3. The van der Waals surface area contributed by atoms with Crippen molar-refractivity contribution in [2.24, 2.45) is 5.10 Å². The van der Waals surface area contributed by atoms with E-state index in [-0.39, 0.29) is 24.2 Å². The van der Waals surface area contributed by atoms with Crippen LogP contribution in [-0.2, 0) is 9.47 Å². The van der Waals surface area contributed by atoms with Gasteiger partial charge in [-0.15, -0.1) is 0 Å². The van der Waals surface area contributed by atoms with Crippen molar-refractivity contribution in [2.45, 2.75) is 37.7 Å². The molecule has 3 aromatic rings. The summed E-state index contributed by atoms with van der Waals surface area (Å²) in [5.41, 5.74) is 4.45. The number of nitrogens with zero attached hydrogens (tertiary/aromatic N) is 6. The SMILES string of the molecule is COC(COc1cc(/C(=N/NC2CCN(C3COC3)C[C@@H]2F)C(C)=N)cn2ncc(Cl)c12)c1ncc(F)cn1. The number of piperidine rings is 1. The van der Waals surface area contributed by atoms with Crippen LogP contribution in [0.3, 0.4) is 0 Å². The third-order valence-corrected chi connectivity index (χ3v) is 7.09. The van der Waals surface area contributed by atoms with E-state index in [9.17, 15) is 8.78 Å². The van der Waals surface area contributed by atoms with Crippen LogP contribution in [0.5, 0.6) is 5.75 Å². The minimum atomic E-state index is -1.11. The molecular formula is C25H29ClF2N8O3. The number of methoxy groups -OCH3 is 1. The van der Waals surface area contributed by atoms with Gasteiger partial charge in [0.15, 0.2) is 17.7 Å². The molecule has 2 fully saturated rings. The van der Waals surface area contributed by atoms with Crippen LogP contribution in [0.4, 0.5) is 8.78 Å². The van der Waals surface area contributed by atoms with E-state index in [1.807, 2.05) is 0 Å². The number of likely N-dealkylation sites (tertiary alicyclic amines) is 1. The second-order valence-electron chi connectivity index (χ2n) is 9.49. The highest BCUT2D eigenvalue weighted by Crippen LogP contribution is 2.30. The molecule has 5 heterocycles. The van der Waals surface area contributed by atoms with E-state index >= 15 is 0 Å². The first-order chi connectivity index (χ1) is 18.8. The molecule has 0 aliphatic carbocycles. The van der Waals surface area contributed by atoms with Crippen molar-refractivity contribution in [1.82, 2.24) is 29.9 Å². The third kappa shape index (κ3) is 6.01. The van der Waals surface area contributed by atoms with E-state index in [0.29, 0.717) is 53.7 Å². The van der Waals surface area contributed by atoms with Gasteiger partial charge in [0, 0.05) is 32.0 Å². The maximum absolute atomic E-state index is 15.0. The van der Waals surface area contributed by atoms with Crippen molar-refractivity contribution in [1.29, 1.82) is 5.41 Å². The van der Waals surface area contributed by atoms with Crippen LogP contribution in [0, 0.1) is 11.2 Å². The maximum atomic E-state index is 15.0. The third-order valence-electron chi connectivity index (χ3n) is 6.82. The monoisotopic (exact) mass is 562 g/mol. The Morgan fingerprint density at radius 3 is 2.74 bits per heavy atom. The number of rotatable bonds is 10. The lowest BCUT2D eigenvalue weighted by atomic mass is 10.0. The highest BCUT2D eigenvalue weighted by Gasteiger charge is 2.35. The molecule has 2 saturated heterocycles. The molecule has 2 aliphatic rings. The number of halogens is 3. The Morgan fingerprint density at radius 2 is 2.10 bits per heavy atom. The molecule has 2 aliphatic heterocycles. The zero-order chi connectivity index (χ0) is 27.5. The van der Waals surface area contributed by atoms with Crippen molar-refractivity contribution in [2.75, 3.05) is 40.0 Å². The van der Waals surface area contributed by atoms with Gasteiger partial charge in [0.2, 0.25) is 0 Å². The topological polar surface area (TPSA) is 122 Å². The summed E-state index contributed by atoms with van der Waals surface area (Å²) in [6.45, 7) is 3.94. The number of aromatic nitrogens is 4. The first-order valence-corrected chi connectivity index (χ1v) is 12.9. The number of pyridine rings is 1. The van der Waals surface area contributed by atoms with Gasteiger partial charge in [0.05, 0.1) is 54.6 Å². The van der Waals surface area contributed by atoms with Gasteiger partial charge in [0.1, 0.15) is 29.8 Å². The molecular weight excluding hydrogens is 534 g/mol. The minimum Gasteiger partial charge on any atom is -0.488 e. The average Bonchev–Trinajstić information content (AvgIpc) is 3.26. The molecule has 0 saturated carbocycles. The summed E-state index contributed by atoms with van der Waals surface area (Å²) in [6.07, 6.45) is 4.04. The zero-order valence-corrected chi connectivity index (χ0v) is 22.2. The van der Waals surface area contributed by atoms with Gasteiger partial charge in [-0.2, -0.15) is 10.2 Å². The Bertz CT molecular complexity index is 1350. The van der Waals surface area contributed by atoms with Gasteiger partial charge in [-0.1, -0.05) is 11.6 Å². The van der Waals surface area contributed by atoms with Crippen molar-refractivity contribution >= 4 is 28.5 Å². The van der Waals surface area contributed by atoms with Crippen LogP contribution in [-0.4, -0.2) is 94.2 Å². The number of hydrazone groups is 1. The van der Waals surface area contributed by atoms with E-state index in [1.165, 1.54) is 17.8 Å². The molecule has 0 spiro atoms. The summed E-state index contributed by atoms with van der Waals surface area (Å²) in [5, 5.41) is 17.4. The number of fused-ring (bicyclic) bond motifs is 1. The molecule has 14 heteroatoms. The van der Waals surface area contributed by atoms with E-state index in [0.717, 1.165) is 18.9 Å². The van der Waals surface area contributed by atoms with Gasteiger partial charge in [-0.3, -0.25) is 4.90 Å². The lowest BCUT2D eigenvalue weighted by Gasteiger charge is -2.42. The Kier molecular flexibility index (Phi) is 8.31. The average molecular weight is 563 g/mol. The van der Waals surface area contributed by atoms with Crippen molar-refractivity contribution < 1.29 is 23.0 Å². The predicted molar refractivity (Wildman–Crippen MR) is 140 cm³/mol. The maximum Gasteiger partial charge on any atom is 0.160 e. The van der Waals surface area contributed by atoms with Gasteiger partial charge in [-0.05, 0) is 19.4 Å². The second kappa shape index (κ2) is 11.9. The van der Waals surface area contributed by atoms with Crippen LogP contribution in [0.25, 0.3) is 5.52 Å². The van der Waals surface area contributed by atoms with Crippen LogP contribution in [0.2, 0.25) is 5.02 Å². The Morgan fingerprint density at radius 1 is 1.33 bits per heavy atom. The lowest BCUT2D eigenvalue weighted by Crippen LogP contribution is -2.57. The van der Waals surface area contributed by atoms with E-state index in [1.54, 1.807) is 19.2 Å². The molecule has 11 nitrogen and oxygen atoms in total. The predicted octanol–water partition coefficient (Wildman–Crippen LogP) is 2.83. The fourth-order valence-electron chi connectivity index (χ4n) is 4.54. The highest BCUT2D eigenvalue weighted by molar-refractivity contribution is 6.46. The molecule has 2 unspecified atom stereocenters. The van der Waals surface area contributed by atoms with Crippen LogP contribution < -0.4 is 10.2 Å². The number of hydrogen-bond acceptors (Lipinski definition) is 10. The Balaban J connectivity index is 1.36. The van der Waals surface area contributed by atoms with E-state index < -0.39 is 24.1 Å². The number of ether oxygens (including phenoxy) is 3. The fraction of sp³-hybridized carbons (Fsp3) is 0.480. The minimum absolute atomic E-state index is 0.00874. The van der Waals surface area contributed by atoms with Crippen molar-refractivity contribution in [3.05, 3.63) is 53.1 Å². The largest absolute Gasteiger partial charge is 0.488 e. The summed E-state index contributed by atoms with van der Waals surface area (Å²) >= 11 is 6.38. The van der Waals surface area contributed by atoms with Crippen molar-refractivity contribution in [3.63, 3.8) is 0 Å². The summed E-state index contributed by atoms with van der Waals surface area (Å²) in [7, 11) is 1.47. The van der Waals surface area contributed by atoms with Crippen LogP contribution in [0.15, 0.2) is 36.0 Å². The normalized spacial score (nSPS) is 21.5. The Labute approximate surface area is 228 Å². The first-order valence-electron chi connectivity index (χ1n) is 12.5. The van der Waals surface area contributed by atoms with E-state index in [4.69, 9.17) is 31.2 Å². The molecule has 0 radical (unpaired) electrons. The molecule has 0 amide bonds. The molecule has 5 rings (SSSR count). The molecule has 0 aromatic carbocycles. The summed E-state index contributed by atoms with van der Waals surface area (Å²) in [4.78, 5) is 10.0. The van der Waals surface area contributed by atoms with Crippen molar-refractivity contribution in [3.8, 4) is 5.75 Å². The van der Waals surface area contributed by atoms with Gasteiger partial charge >= 0.3 is 0 Å². The molecule has 3 aromatic heterocycles. The molecule has 3 atom stereocenters. The zero-order valence-electron chi connectivity index (χ0n) is 21.5. The van der Waals surface area contributed by atoms with E-state index in [2.05, 4.69) is 30.5 Å². The van der Waals surface area contributed by atoms with Gasteiger partial charge < -0.3 is 25.0 Å². The highest BCUT2D eigenvalue weighted by atomic mass is 35.5. The van der Waals surface area contributed by atoms with Gasteiger partial charge in [0.25, 0.3) is 0 Å². The second-order valence-corrected chi connectivity index (χ2v) is 9.89. The Hall–Kier alpha value is -3.26. The standard InChI is InChI=1S/C25H29ClF2N8O3/c1-14(29)23(34-33-20-3-4-35(10-19(20)28)17-11-38-12-17)15-5-21(24-18(26)8-32-36(24)9-15)39-13-22(37-2)25-30-6-16(27)7-31-25/h5-9,17,19-20,22,29,33H,3-4,10-13H2,1-2H3/b29-14?,34-23+/t19-,20?,22?/m0/s1. The van der Waals surface area contributed by atoms with Crippen LogP contribution >= 0.6 is 11.6 Å². The lowest BCUT2D eigenvalue weighted by molar-refractivity contribution is -0.0818.